The van der Waals surface area contributed by atoms with Crippen LogP contribution in [0.3, 0.4) is 0 Å². The predicted molar refractivity (Wildman–Crippen MR) is 57.8 cm³/mol. The maximum atomic E-state index is 11.3. The summed E-state index contributed by atoms with van der Waals surface area (Å²) in [4.78, 5) is 22.5. The molecule has 0 aliphatic carbocycles. The maximum Gasteiger partial charge on any atom is 0.339 e. The number of rotatable bonds is 2. The van der Waals surface area contributed by atoms with Crippen LogP contribution in [-0.4, -0.2) is 18.9 Å². The summed E-state index contributed by atoms with van der Waals surface area (Å²) in [7, 11) is 1.24. The van der Waals surface area contributed by atoms with Gasteiger partial charge in [0.25, 0.3) is 0 Å². The normalized spacial score (nSPS) is 9.87. The lowest BCUT2D eigenvalue weighted by Crippen LogP contribution is -2.06. The quantitative estimate of drug-likeness (QED) is 0.596. The molecule has 3 nitrogen and oxygen atoms in total. The highest BCUT2D eigenvalue weighted by Gasteiger charge is 2.18. The van der Waals surface area contributed by atoms with Crippen molar-refractivity contribution in [1.82, 2.24) is 0 Å². The van der Waals surface area contributed by atoms with Crippen molar-refractivity contribution < 1.29 is 14.3 Å². The van der Waals surface area contributed by atoms with Gasteiger partial charge in [0.1, 0.15) is 0 Å². The Balaban J connectivity index is 3.41. The first-order chi connectivity index (χ1) is 6.99. The van der Waals surface area contributed by atoms with E-state index in [1.165, 1.54) is 26.2 Å². The van der Waals surface area contributed by atoms with Crippen LogP contribution in [0.5, 0.6) is 0 Å². The third-order valence-corrected chi connectivity index (χ3v) is 2.56. The Morgan fingerprint density at radius 2 is 1.87 bits per heavy atom. The highest BCUT2D eigenvalue weighted by Crippen LogP contribution is 2.28. The molecule has 1 aromatic rings. The molecule has 5 heteroatoms. The van der Waals surface area contributed by atoms with E-state index in [4.69, 9.17) is 23.2 Å². The molecule has 15 heavy (non-hydrogen) atoms. The van der Waals surface area contributed by atoms with E-state index in [-0.39, 0.29) is 27.0 Å². The van der Waals surface area contributed by atoms with Gasteiger partial charge in [0.2, 0.25) is 0 Å². The van der Waals surface area contributed by atoms with E-state index >= 15 is 0 Å². The average Bonchev–Trinajstić information content (AvgIpc) is 2.16. The number of ether oxygens (including phenoxy) is 1. The summed E-state index contributed by atoms with van der Waals surface area (Å²) in [6.45, 7) is 1.33. The van der Waals surface area contributed by atoms with Crippen molar-refractivity contribution >= 4 is 35.0 Å². The lowest BCUT2D eigenvalue weighted by molar-refractivity contribution is 0.0601. The minimum absolute atomic E-state index is 0.0295. The highest BCUT2D eigenvalue weighted by molar-refractivity contribution is 6.41. The summed E-state index contributed by atoms with van der Waals surface area (Å²) in [6.07, 6.45) is 0. The van der Waals surface area contributed by atoms with Crippen molar-refractivity contribution in [3.63, 3.8) is 0 Å². The molecule has 0 saturated heterocycles. The number of halogens is 2. The van der Waals surface area contributed by atoms with Crippen LogP contribution in [0.15, 0.2) is 12.1 Å². The fourth-order valence-corrected chi connectivity index (χ4v) is 1.86. The minimum atomic E-state index is -0.598. The number of ketones is 1. The average molecular weight is 247 g/mol. The zero-order valence-corrected chi connectivity index (χ0v) is 9.65. The van der Waals surface area contributed by atoms with Gasteiger partial charge in [-0.05, 0) is 19.1 Å². The molecule has 0 unspecified atom stereocenters. The number of benzene rings is 1. The van der Waals surface area contributed by atoms with Gasteiger partial charge in [-0.15, -0.1) is 0 Å². The molecule has 1 aromatic carbocycles. The van der Waals surface area contributed by atoms with Gasteiger partial charge < -0.3 is 4.74 Å². The lowest BCUT2D eigenvalue weighted by atomic mass is 10.1. The molecule has 0 aliphatic rings. The molecular weight excluding hydrogens is 239 g/mol. The number of carbonyl (C=O) groups excluding carboxylic acids is 2. The minimum Gasteiger partial charge on any atom is -0.465 e. The number of esters is 1. The molecule has 0 aliphatic heterocycles. The number of hydrogen-bond donors (Lipinski definition) is 0. The zero-order chi connectivity index (χ0) is 11.6. The highest BCUT2D eigenvalue weighted by atomic mass is 35.5. The summed E-state index contributed by atoms with van der Waals surface area (Å²) >= 11 is 11.7. The largest absolute Gasteiger partial charge is 0.465 e. The van der Waals surface area contributed by atoms with Crippen molar-refractivity contribution in [2.24, 2.45) is 0 Å². The van der Waals surface area contributed by atoms with Crippen LogP contribution in [-0.2, 0) is 4.74 Å². The van der Waals surface area contributed by atoms with Crippen LogP contribution in [0.2, 0.25) is 10.0 Å². The molecule has 0 atom stereocenters. The Labute approximate surface area is 96.9 Å². The van der Waals surface area contributed by atoms with E-state index in [1.807, 2.05) is 0 Å². The summed E-state index contributed by atoms with van der Waals surface area (Å²) in [5.41, 5.74) is 0.273. The Hall–Kier alpha value is -1.06. The lowest BCUT2D eigenvalue weighted by Gasteiger charge is -2.07. The van der Waals surface area contributed by atoms with Crippen LogP contribution < -0.4 is 0 Å². The van der Waals surface area contributed by atoms with Gasteiger partial charge in [0.05, 0.1) is 28.3 Å². The molecule has 0 aromatic heterocycles. The standard InChI is InChI=1S/C10H8Cl2O3/c1-5(13)8-7(11)4-3-6(9(8)12)10(14)15-2/h3-4H,1-2H3. The van der Waals surface area contributed by atoms with Crippen LogP contribution in [0.4, 0.5) is 0 Å². The van der Waals surface area contributed by atoms with E-state index in [1.54, 1.807) is 0 Å². The molecule has 0 N–H and O–H groups in total. The fourth-order valence-electron chi connectivity index (χ4n) is 1.14. The van der Waals surface area contributed by atoms with Gasteiger partial charge in [0.15, 0.2) is 5.78 Å². The van der Waals surface area contributed by atoms with Crippen molar-refractivity contribution in [3.8, 4) is 0 Å². The van der Waals surface area contributed by atoms with Crippen molar-refractivity contribution in [2.75, 3.05) is 7.11 Å². The van der Waals surface area contributed by atoms with Gasteiger partial charge in [-0.2, -0.15) is 0 Å². The smallest absolute Gasteiger partial charge is 0.339 e. The summed E-state index contributed by atoms with van der Waals surface area (Å²) in [5, 5.41) is 0.252. The maximum absolute atomic E-state index is 11.3. The van der Waals surface area contributed by atoms with Gasteiger partial charge in [-0.1, -0.05) is 23.2 Å². The molecule has 0 bridgehead atoms. The summed E-state index contributed by atoms with van der Waals surface area (Å²) < 4.78 is 4.51. The first-order valence-electron chi connectivity index (χ1n) is 4.06. The Morgan fingerprint density at radius 1 is 1.27 bits per heavy atom. The fraction of sp³-hybridized carbons (Fsp3) is 0.200. The molecule has 0 spiro atoms. The molecule has 80 valence electrons. The van der Waals surface area contributed by atoms with Crippen LogP contribution >= 0.6 is 23.2 Å². The molecule has 0 fully saturated rings. The van der Waals surface area contributed by atoms with Crippen LogP contribution in [0, 0.1) is 0 Å². The third-order valence-electron chi connectivity index (χ3n) is 1.85. The molecule has 0 saturated carbocycles. The van der Waals surface area contributed by atoms with E-state index in [9.17, 15) is 9.59 Å². The van der Waals surface area contributed by atoms with Gasteiger partial charge in [-0.3, -0.25) is 4.79 Å². The first-order valence-corrected chi connectivity index (χ1v) is 4.82. The number of carbonyl (C=O) groups is 2. The number of methoxy groups -OCH3 is 1. The Bertz CT molecular complexity index is 427. The second kappa shape index (κ2) is 4.64. The second-order valence-corrected chi connectivity index (χ2v) is 3.62. The first kappa shape index (κ1) is 12.0. The summed E-state index contributed by atoms with van der Waals surface area (Å²) in [5.74, 6) is -0.894. The van der Waals surface area contributed by atoms with E-state index < -0.39 is 5.97 Å². The second-order valence-electron chi connectivity index (χ2n) is 2.83. The SMILES string of the molecule is COC(=O)c1ccc(Cl)c(C(C)=O)c1Cl. The Kier molecular flexibility index (Phi) is 3.72. The third kappa shape index (κ3) is 2.30. The van der Waals surface area contributed by atoms with E-state index in [2.05, 4.69) is 4.74 Å². The molecule has 1 rings (SSSR count). The van der Waals surface area contributed by atoms with Crippen molar-refractivity contribution in [2.45, 2.75) is 6.92 Å². The number of hydrogen-bond acceptors (Lipinski definition) is 3. The summed E-state index contributed by atoms with van der Waals surface area (Å²) in [6, 6.07) is 2.86. The van der Waals surface area contributed by atoms with Crippen LogP contribution in [0.25, 0.3) is 0 Å². The molecular formula is C10H8Cl2O3. The molecule has 0 radical (unpaired) electrons. The monoisotopic (exact) mass is 246 g/mol. The van der Waals surface area contributed by atoms with Gasteiger partial charge >= 0.3 is 5.97 Å². The molecule has 0 heterocycles. The predicted octanol–water partition coefficient (Wildman–Crippen LogP) is 2.98. The van der Waals surface area contributed by atoms with E-state index in [0.29, 0.717) is 0 Å². The van der Waals surface area contributed by atoms with Crippen LogP contribution in [0.1, 0.15) is 27.6 Å². The van der Waals surface area contributed by atoms with E-state index in [0.717, 1.165) is 0 Å². The topological polar surface area (TPSA) is 43.4 Å². The van der Waals surface area contributed by atoms with Gasteiger partial charge in [-0.25, -0.2) is 4.79 Å². The van der Waals surface area contributed by atoms with Gasteiger partial charge in [0, 0.05) is 0 Å². The molecule has 0 amide bonds. The van der Waals surface area contributed by atoms with Crippen molar-refractivity contribution in [1.29, 1.82) is 0 Å². The van der Waals surface area contributed by atoms with Crippen molar-refractivity contribution in [3.05, 3.63) is 33.3 Å². The number of Topliss-reactive ketones (excluding diaryl/α,β-unsaturated/α-hetero) is 1. The zero-order valence-electron chi connectivity index (χ0n) is 8.14. The Morgan fingerprint density at radius 3 is 2.33 bits per heavy atom.